The maximum absolute atomic E-state index is 11.4. The van der Waals surface area contributed by atoms with E-state index >= 15 is 0 Å². The van der Waals surface area contributed by atoms with Crippen LogP contribution in [-0.2, 0) is 11.2 Å². The maximum Gasteiger partial charge on any atom is 0.306 e. The van der Waals surface area contributed by atoms with Gasteiger partial charge >= 0.3 is 5.97 Å². The Morgan fingerprint density at radius 3 is 2.53 bits per heavy atom. The third kappa shape index (κ3) is 3.98. The zero-order chi connectivity index (χ0) is 14.4. The first-order valence-electron chi connectivity index (χ1n) is 6.17. The SMILES string of the molecule is CCCc1c(OCCC(=O)O)ccc(C(C)=O)c1O. The van der Waals surface area contributed by atoms with E-state index in [0.29, 0.717) is 17.7 Å². The Balaban J connectivity index is 3.00. The summed E-state index contributed by atoms with van der Waals surface area (Å²) in [4.78, 5) is 21.8. The zero-order valence-corrected chi connectivity index (χ0v) is 11.1. The molecule has 5 heteroatoms. The number of rotatable bonds is 7. The van der Waals surface area contributed by atoms with Gasteiger partial charge in [0.15, 0.2) is 5.78 Å². The fourth-order valence-electron chi connectivity index (χ4n) is 1.78. The molecule has 0 aliphatic rings. The summed E-state index contributed by atoms with van der Waals surface area (Å²) in [6, 6.07) is 3.09. The van der Waals surface area contributed by atoms with Crippen LogP contribution in [0.4, 0.5) is 0 Å². The lowest BCUT2D eigenvalue weighted by Crippen LogP contribution is -2.07. The summed E-state index contributed by atoms with van der Waals surface area (Å²) in [5.74, 6) is -0.790. The molecule has 0 bridgehead atoms. The Kier molecular flexibility index (Phi) is 5.36. The Hall–Kier alpha value is -2.04. The van der Waals surface area contributed by atoms with Crippen molar-refractivity contribution in [1.29, 1.82) is 0 Å². The molecule has 0 spiro atoms. The third-order valence-corrected chi connectivity index (χ3v) is 2.69. The van der Waals surface area contributed by atoms with Crippen molar-refractivity contribution in [2.24, 2.45) is 0 Å². The molecule has 0 unspecified atom stereocenters. The summed E-state index contributed by atoms with van der Waals surface area (Å²) in [5.41, 5.74) is 0.814. The highest BCUT2D eigenvalue weighted by Crippen LogP contribution is 2.32. The summed E-state index contributed by atoms with van der Waals surface area (Å²) in [7, 11) is 0. The molecule has 104 valence electrons. The molecule has 2 N–H and O–H groups in total. The van der Waals surface area contributed by atoms with Gasteiger partial charge in [0.05, 0.1) is 18.6 Å². The first kappa shape index (κ1) is 15.0. The summed E-state index contributed by atoms with van der Waals surface area (Å²) < 4.78 is 5.36. The lowest BCUT2D eigenvalue weighted by atomic mass is 10.0. The molecular formula is C14H18O5. The number of Topliss-reactive ketones (excluding diaryl/α,β-unsaturated/α-hetero) is 1. The molecule has 0 amide bonds. The van der Waals surface area contributed by atoms with Crippen LogP contribution in [0.5, 0.6) is 11.5 Å². The summed E-state index contributed by atoms with van der Waals surface area (Å²) >= 11 is 0. The highest BCUT2D eigenvalue weighted by atomic mass is 16.5. The monoisotopic (exact) mass is 266 g/mol. The molecule has 5 nitrogen and oxygen atoms in total. The molecule has 0 radical (unpaired) electrons. The second-order valence-corrected chi connectivity index (χ2v) is 4.24. The Bertz CT molecular complexity index is 479. The number of aromatic hydroxyl groups is 1. The van der Waals surface area contributed by atoms with Gasteiger partial charge in [-0.2, -0.15) is 0 Å². The number of carboxylic acids is 1. The number of carbonyl (C=O) groups excluding carboxylic acids is 1. The minimum atomic E-state index is -0.943. The Morgan fingerprint density at radius 1 is 1.32 bits per heavy atom. The van der Waals surface area contributed by atoms with Crippen LogP contribution in [-0.4, -0.2) is 28.6 Å². The smallest absolute Gasteiger partial charge is 0.306 e. The molecule has 0 saturated heterocycles. The van der Waals surface area contributed by atoms with Gasteiger partial charge in [-0.05, 0) is 25.5 Å². The minimum Gasteiger partial charge on any atom is -0.507 e. The summed E-state index contributed by atoms with van der Waals surface area (Å²) in [6.07, 6.45) is 1.24. The number of aliphatic carboxylic acids is 1. The second kappa shape index (κ2) is 6.78. The summed E-state index contributed by atoms with van der Waals surface area (Å²) in [6.45, 7) is 3.36. The Labute approximate surface area is 111 Å². The lowest BCUT2D eigenvalue weighted by Gasteiger charge is -2.14. The van der Waals surface area contributed by atoms with E-state index in [1.807, 2.05) is 6.92 Å². The van der Waals surface area contributed by atoms with Crippen molar-refractivity contribution >= 4 is 11.8 Å². The first-order valence-corrected chi connectivity index (χ1v) is 6.17. The van der Waals surface area contributed by atoms with Crippen LogP contribution in [0.25, 0.3) is 0 Å². The molecule has 0 saturated carbocycles. The maximum atomic E-state index is 11.4. The highest BCUT2D eigenvalue weighted by Gasteiger charge is 2.15. The molecule has 0 fully saturated rings. The number of phenolic OH excluding ortho intramolecular Hbond substituents is 1. The van der Waals surface area contributed by atoms with Gasteiger partial charge in [-0.1, -0.05) is 13.3 Å². The molecule has 0 aromatic heterocycles. The van der Waals surface area contributed by atoms with E-state index in [2.05, 4.69) is 0 Å². The molecule has 1 aromatic carbocycles. The van der Waals surface area contributed by atoms with Crippen LogP contribution in [0.15, 0.2) is 12.1 Å². The van der Waals surface area contributed by atoms with E-state index in [1.54, 1.807) is 6.07 Å². The predicted molar refractivity (Wildman–Crippen MR) is 69.9 cm³/mol. The molecule has 0 heterocycles. The van der Waals surface area contributed by atoms with E-state index in [-0.39, 0.29) is 30.1 Å². The first-order chi connectivity index (χ1) is 8.97. The number of hydrogen-bond acceptors (Lipinski definition) is 4. The van der Waals surface area contributed by atoms with E-state index < -0.39 is 5.97 Å². The minimum absolute atomic E-state index is 0.0326. The van der Waals surface area contributed by atoms with Crippen molar-refractivity contribution in [3.8, 4) is 11.5 Å². The van der Waals surface area contributed by atoms with Crippen molar-refractivity contribution in [3.63, 3.8) is 0 Å². The fraction of sp³-hybridized carbons (Fsp3) is 0.429. The van der Waals surface area contributed by atoms with Gasteiger partial charge in [0.25, 0.3) is 0 Å². The Morgan fingerprint density at radius 2 is 2.00 bits per heavy atom. The highest BCUT2D eigenvalue weighted by molar-refractivity contribution is 5.97. The number of carboxylic acid groups (broad SMARTS) is 1. The zero-order valence-electron chi connectivity index (χ0n) is 11.1. The van der Waals surface area contributed by atoms with Gasteiger partial charge in [-0.25, -0.2) is 0 Å². The largest absolute Gasteiger partial charge is 0.507 e. The van der Waals surface area contributed by atoms with E-state index in [0.717, 1.165) is 6.42 Å². The second-order valence-electron chi connectivity index (χ2n) is 4.24. The van der Waals surface area contributed by atoms with Crippen molar-refractivity contribution < 1.29 is 24.5 Å². The number of hydrogen-bond donors (Lipinski definition) is 2. The quantitative estimate of drug-likeness (QED) is 0.740. The average molecular weight is 266 g/mol. The molecule has 0 atom stereocenters. The molecule has 0 aliphatic heterocycles. The van der Waals surface area contributed by atoms with E-state index in [4.69, 9.17) is 9.84 Å². The van der Waals surface area contributed by atoms with Crippen LogP contribution < -0.4 is 4.74 Å². The average Bonchev–Trinajstić information content (AvgIpc) is 2.32. The molecule has 1 aromatic rings. The summed E-state index contributed by atoms with van der Waals surface area (Å²) in [5, 5.41) is 18.6. The van der Waals surface area contributed by atoms with Crippen LogP contribution in [0.3, 0.4) is 0 Å². The molecule has 0 aliphatic carbocycles. The van der Waals surface area contributed by atoms with Crippen LogP contribution in [0.2, 0.25) is 0 Å². The van der Waals surface area contributed by atoms with Crippen LogP contribution in [0.1, 0.15) is 42.6 Å². The number of ether oxygens (including phenoxy) is 1. The third-order valence-electron chi connectivity index (χ3n) is 2.69. The van der Waals surface area contributed by atoms with Gasteiger partial charge in [0.1, 0.15) is 11.5 Å². The number of benzene rings is 1. The predicted octanol–water partition coefficient (Wildman–Crippen LogP) is 2.40. The number of ketones is 1. The number of phenols is 1. The molecular weight excluding hydrogens is 248 g/mol. The number of carbonyl (C=O) groups is 2. The fourth-order valence-corrected chi connectivity index (χ4v) is 1.78. The van der Waals surface area contributed by atoms with Gasteiger partial charge < -0.3 is 14.9 Å². The van der Waals surface area contributed by atoms with Crippen molar-refractivity contribution in [1.82, 2.24) is 0 Å². The molecule has 1 rings (SSSR count). The van der Waals surface area contributed by atoms with Gasteiger partial charge in [0.2, 0.25) is 0 Å². The normalized spacial score (nSPS) is 10.2. The van der Waals surface area contributed by atoms with Crippen LogP contribution >= 0.6 is 0 Å². The van der Waals surface area contributed by atoms with Gasteiger partial charge in [-0.15, -0.1) is 0 Å². The topological polar surface area (TPSA) is 83.8 Å². The van der Waals surface area contributed by atoms with E-state index in [9.17, 15) is 14.7 Å². The van der Waals surface area contributed by atoms with Crippen LogP contribution in [0, 0.1) is 0 Å². The van der Waals surface area contributed by atoms with Crippen molar-refractivity contribution in [2.75, 3.05) is 6.61 Å². The van der Waals surface area contributed by atoms with Crippen molar-refractivity contribution in [3.05, 3.63) is 23.3 Å². The molecule has 19 heavy (non-hydrogen) atoms. The lowest BCUT2D eigenvalue weighted by molar-refractivity contribution is -0.137. The van der Waals surface area contributed by atoms with E-state index in [1.165, 1.54) is 13.0 Å². The van der Waals surface area contributed by atoms with Gasteiger partial charge in [0, 0.05) is 5.56 Å². The van der Waals surface area contributed by atoms with Gasteiger partial charge in [-0.3, -0.25) is 9.59 Å². The van der Waals surface area contributed by atoms with Crippen molar-refractivity contribution in [2.45, 2.75) is 33.1 Å². The standard InChI is InChI=1S/C14H18O5/c1-3-4-11-12(19-8-7-13(16)17)6-5-10(9(2)15)14(11)18/h5-6,18H,3-4,7-8H2,1-2H3,(H,16,17).